The minimum absolute atomic E-state index is 0. The summed E-state index contributed by atoms with van der Waals surface area (Å²) in [5.74, 6) is -1.66. The second-order valence-electron chi connectivity index (χ2n) is 2.56. The number of hydrogen-bond donors (Lipinski definition) is 3. The molecule has 1 aromatic rings. The van der Waals surface area contributed by atoms with Gasteiger partial charge in [0.2, 0.25) is 0 Å². The van der Waals surface area contributed by atoms with Crippen LogP contribution < -0.4 is 0 Å². The number of hydrogen-bond acceptors (Lipinski definition) is 4. The van der Waals surface area contributed by atoms with E-state index in [1.54, 1.807) is 0 Å². The van der Waals surface area contributed by atoms with Gasteiger partial charge in [0.25, 0.3) is 0 Å². The van der Waals surface area contributed by atoms with Gasteiger partial charge in [-0.05, 0) is 6.92 Å². The summed E-state index contributed by atoms with van der Waals surface area (Å²) in [7, 11) is 0. The summed E-state index contributed by atoms with van der Waals surface area (Å²) in [5.41, 5.74) is 0.0557. The Morgan fingerprint density at radius 2 is 1.88 bits per heavy atom. The number of aromatic nitrogens is 1. The van der Waals surface area contributed by atoms with Crippen LogP contribution in [0.3, 0.4) is 0 Å². The zero-order valence-corrected chi connectivity index (χ0v) is 11.2. The van der Waals surface area contributed by atoms with E-state index in [0.29, 0.717) is 0 Å². The maximum absolute atomic E-state index is 10.7. The van der Waals surface area contributed by atoms with Crippen LogP contribution in [0.5, 0.6) is 5.75 Å². The number of aromatic carboxylic acids is 1. The van der Waals surface area contributed by atoms with Crippen molar-refractivity contribution in [3.05, 3.63) is 35.3 Å². The molecule has 0 amide bonds. The van der Waals surface area contributed by atoms with Crippen molar-refractivity contribution in [2.24, 2.45) is 0 Å². The fourth-order valence-electron chi connectivity index (χ4n) is 0.992. The molecule has 9 heteroatoms. The average molecular weight is 428 g/mol. The molecule has 0 bridgehead atoms. The smallest absolute Gasteiger partial charge is 0.693 e. The van der Waals surface area contributed by atoms with Crippen LogP contribution in [0.1, 0.15) is 21.6 Å². The van der Waals surface area contributed by atoms with Crippen molar-refractivity contribution in [3.8, 4) is 5.75 Å². The average Bonchev–Trinajstić information content (AvgIpc) is 2.08. The van der Waals surface area contributed by atoms with E-state index in [4.69, 9.17) is 10.2 Å². The molecule has 0 fully saturated rings. The van der Waals surface area contributed by atoms with E-state index in [-0.39, 0.29) is 61.4 Å². The SMILES string of the molecule is Cc1ncc(CO)c(C(=O)O)c1O.O.[NH2-].[NH2-].[Pt+2]. The Balaban J connectivity index is -0.000000211. The zero-order chi connectivity index (χ0) is 10.0. The first kappa shape index (κ1) is 25.0. The van der Waals surface area contributed by atoms with Crippen molar-refractivity contribution in [1.29, 1.82) is 0 Å². The molecule has 0 aliphatic heterocycles. The first-order valence-corrected chi connectivity index (χ1v) is 3.59. The fourth-order valence-corrected chi connectivity index (χ4v) is 0.992. The summed E-state index contributed by atoms with van der Waals surface area (Å²) >= 11 is 0. The molecule has 1 heterocycles. The Morgan fingerprint density at radius 3 is 2.24 bits per heavy atom. The normalized spacial score (nSPS) is 7.65. The number of nitrogens with two attached hydrogens (primary N) is 2. The minimum Gasteiger partial charge on any atom is -0.693 e. The molecule has 0 radical (unpaired) electrons. The first-order chi connectivity index (χ1) is 6.07. The monoisotopic (exact) mass is 428 g/mol. The maximum Gasteiger partial charge on any atom is 2.00 e. The maximum atomic E-state index is 10.7. The first-order valence-electron chi connectivity index (χ1n) is 3.59. The minimum atomic E-state index is -1.27. The number of nitrogens with zero attached hydrogens (tertiary/aromatic N) is 1. The molecular weight excluding hydrogens is 413 g/mol. The molecule has 0 atom stereocenters. The number of aryl methyl sites for hydroxylation is 1. The van der Waals surface area contributed by atoms with Gasteiger partial charge in [0, 0.05) is 11.8 Å². The van der Waals surface area contributed by atoms with Crippen molar-refractivity contribution in [2.45, 2.75) is 13.5 Å². The molecular formula is C8H15N3O5Pt. The topological polar surface area (TPSA) is 189 Å². The van der Waals surface area contributed by atoms with Crippen LogP contribution in [-0.2, 0) is 27.7 Å². The van der Waals surface area contributed by atoms with Crippen LogP contribution in [0, 0.1) is 6.92 Å². The molecule has 0 unspecified atom stereocenters. The molecule has 9 N–H and O–H groups in total. The van der Waals surface area contributed by atoms with Gasteiger partial charge in [0.15, 0.2) is 5.75 Å². The van der Waals surface area contributed by atoms with Gasteiger partial charge in [0.05, 0.1) is 12.3 Å². The number of aromatic hydroxyl groups is 1. The third-order valence-electron chi connectivity index (χ3n) is 1.70. The van der Waals surface area contributed by atoms with Gasteiger partial charge in [-0.2, -0.15) is 0 Å². The van der Waals surface area contributed by atoms with Gasteiger partial charge in [-0.3, -0.25) is 4.98 Å². The molecule has 0 aromatic carbocycles. The second-order valence-corrected chi connectivity index (χ2v) is 2.56. The third kappa shape index (κ3) is 5.20. The second kappa shape index (κ2) is 10.1. The number of carboxylic acid groups (broad SMARTS) is 1. The summed E-state index contributed by atoms with van der Waals surface area (Å²) < 4.78 is 0. The molecule has 0 spiro atoms. The number of carbonyl (C=O) groups is 1. The third-order valence-corrected chi connectivity index (χ3v) is 1.70. The zero-order valence-electron chi connectivity index (χ0n) is 8.95. The predicted molar refractivity (Wildman–Crippen MR) is 57.7 cm³/mol. The summed E-state index contributed by atoms with van der Waals surface area (Å²) in [6, 6.07) is 0. The molecule has 1 aromatic heterocycles. The van der Waals surface area contributed by atoms with Crippen molar-refractivity contribution >= 4 is 5.97 Å². The number of aliphatic hydroxyl groups is 1. The van der Waals surface area contributed by atoms with Crippen molar-refractivity contribution < 1.29 is 46.7 Å². The number of aliphatic hydroxyl groups excluding tert-OH is 1. The summed E-state index contributed by atoms with van der Waals surface area (Å²) in [5, 5.41) is 26.8. The summed E-state index contributed by atoms with van der Waals surface area (Å²) in [6.07, 6.45) is 1.23. The van der Waals surface area contributed by atoms with E-state index in [1.807, 2.05) is 0 Å². The Hall–Kier alpha value is -1.05. The van der Waals surface area contributed by atoms with Crippen LogP contribution in [0.2, 0.25) is 0 Å². The fraction of sp³-hybridized carbons (Fsp3) is 0.250. The van der Waals surface area contributed by atoms with Gasteiger partial charge in [0.1, 0.15) is 5.56 Å². The Morgan fingerprint density at radius 1 is 1.41 bits per heavy atom. The van der Waals surface area contributed by atoms with E-state index >= 15 is 0 Å². The van der Waals surface area contributed by atoms with E-state index in [2.05, 4.69) is 4.98 Å². The Bertz CT molecular complexity index is 361. The van der Waals surface area contributed by atoms with Gasteiger partial charge >= 0.3 is 27.0 Å². The van der Waals surface area contributed by atoms with Crippen molar-refractivity contribution in [3.63, 3.8) is 0 Å². The van der Waals surface area contributed by atoms with Crippen LogP contribution in [0.15, 0.2) is 6.20 Å². The quantitative estimate of drug-likeness (QED) is 0.629. The van der Waals surface area contributed by atoms with E-state index in [1.165, 1.54) is 13.1 Å². The number of rotatable bonds is 2. The van der Waals surface area contributed by atoms with Gasteiger partial charge < -0.3 is 33.1 Å². The van der Waals surface area contributed by atoms with Gasteiger partial charge in [-0.1, -0.05) is 0 Å². The molecule has 0 saturated carbocycles. The van der Waals surface area contributed by atoms with Crippen LogP contribution in [-0.4, -0.2) is 31.7 Å². The molecule has 0 saturated heterocycles. The van der Waals surface area contributed by atoms with E-state index < -0.39 is 12.6 Å². The van der Waals surface area contributed by atoms with Gasteiger partial charge in [-0.25, -0.2) is 4.79 Å². The molecule has 17 heavy (non-hydrogen) atoms. The van der Waals surface area contributed by atoms with E-state index in [0.717, 1.165) is 0 Å². The molecule has 1 rings (SSSR count). The van der Waals surface area contributed by atoms with E-state index in [9.17, 15) is 9.90 Å². The van der Waals surface area contributed by atoms with Crippen LogP contribution >= 0.6 is 0 Å². The van der Waals surface area contributed by atoms with Gasteiger partial charge in [-0.15, -0.1) is 0 Å². The molecule has 8 nitrogen and oxygen atoms in total. The molecule has 0 aliphatic carbocycles. The van der Waals surface area contributed by atoms with Crippen LogP contribution in [0.25, 0.3) is 12.3 Å². The Labute approximate surface area is 112 Å². The van der Waals surface area contributed by atoms with Crippen LogP contribution in [0.4, 0.5) is 0 Å². The standard InChI is InChI=1S/C8H9NO4.2H2N.H2O.Pt/c1-4-7(11)6(8(12)13)5(3-10)2-9-4;;;;/h2,10-11H,3H2,1H3,(H,12,13);3*1H2;/q;2*-1;;+2. The number of carboxylic acids is 1. The largest absolute Gasteiger partial charge is 2.00 e. The predicted octanol–water partition coefficient (Wildman–Crippen LogP) is 0.893. The molecule has 102 valence electrons. The summed E-state index contributed by atoms with van der Waals surface area (Å²) in [4.78, 5) is 14.4. The molecule has 0 aliphatic rings. The van der Waals surface area contributed by atoms with Crippen molar-refractivity contribution in [1.82, 2.24) is 4.98 Å². The van der Waals surface area contributed by atoms with Crippen molar-refractivity contribution in [2.75, 3.05) is 0 Å². The number of pyridine rings is 1. The summed E-state index contributed by atoms with van der Waals surface area (Å²) in [6.45, 7) is 1.03. The Kier molecular flexibility index (Phi) is 14.9.